The summed E-state index contributed by atoms with van der Waals surface area (Å²) in [4.78, 5) is 72.4. The first kappa shape index (κ1) is 68.8. The molecule has 3 fully saturated rings. The number of ketones is 2. The van der Waals surface area contributed by atoms with Crippen LogP contribution >= 0.6 is 0 Å². The summed E-state index contributed by atoms with van der Waals surface area (Å²) < 4.78 is 58.7. The van der Waals surface area contributed by atoms with Gasteiger partial charge in [0, 0.05) is 66.8 Å². The zero-order chi connectivity index (χ0) is 58.0. The molecule has 1 amide bonds. The Hall–Kier alpha value is -3.49. The largest absolute Gasteiger partial charge is 0.460 e. The van der Waals surface area contributed by atoms with E-state index in [0.29, 0.717) is 95.9 Å². The summed E-state index contributed by atoms with van der Waals surface area (Å²) >= 11 is 0. The summed E-state index contributed by atoms with van der Waals surface area (Å²) in [6, 6.07) is -1.15. The highest BCUT2D eigenvalue weighted by atomic mass is 16.6. The number of rotatable bonds is 37. The summed E-state index contributed by atoms with van der Waals surface area (Å²) in [6.45, 7) is 21.7. The van der Waals surface area contributed by atoms with E-state index in [1.807, 2.05) is 39.8 Å². The van der Waals surface area contributed by atoms with Crippen LogP contribution in [0.25, 0.3) is 0 Å². The molecule has 0 aromatic rings. The van der Waals surface area contributed by atoms with Crippen LogP contribution in [0.5, 0.6) is 0 Å². The number of amides is 1. The van der Waals surface area contributed by atoms with Crippen molar-refractivity contribution in [3.63, 3.8) is 0 Å². The quantitative estimate of drug-likeness (QED) is 0.0155. The Balaban J connectivity index is 1.91. The number of carbonyl (C=O) groups is 5. The minimum Gasteiger partial charge on any atom is -0.460 e. The number of allylic oxidation sites excluding steroid dienone is 5. The van der Waals surface area contributed by atoms with E-state index in [4.69, 9.17) is 47.4 Å². The second kappa shape index (κ2) is 35.4. The molecule has 2 heterocycles. The lowest BCUT2D eigenvalue weighted by Crippen LogP contribution is -2.61. The van der Waals surface area contributed by atoms with Crippen LogP contribution in [0.2, 0.25) is 0 Å². The van der Waals surface area contributed by atoms with Gasteiger partial charge in [-0.1, -0.05) is 71.6 Å². The van der Waals surface area contributed by atoms with Gasteiger partial charge in [0.2, 0.25) is 5.79 Å². The van der Waals surface area contributed by atoms with E-state index in [2.05, 4.69) is 26.5 Å². The van der Waals surface area contributed by atoms with Gasteiger partial charge < -0.3 is 62.2 Å². The fraction of sp³-hybridized carbons (Fsp3) is 0.787. The van der Waals surface area contributed by atoms with Gasteiger partial charge in [-0.15, -0.1) is 0 Å². The number of carbonyl (C=O) groups excluding carboxylic acids is 5. The van der Waals surface area contributed by atoms with E-state index in [1.54, 1.807) is 47.3 Å². The Morgan fingerprint density at radius 3 is 2.22 bits per heavy atom. The smallest absolute Gasteiger partial charge is 0.329 e. The van der Waals surface area contributed by atoms with Gasteiger partial charge in [0.1, 0.15) is 24.0 Å². The Morgan fingerprint density at radius 2 is 1.58 bits per heavy atom. The van der Waals surface area contributed by atoms with Crippen LogP contribution in [0.15, 0.2) is 48.1 Å². The number of nitrogens with zero attached hydrogens (tertiary/aromatic N) is 1. The molecule has 1 aliphatic carbocycles. The van der Waals surface area contributed by atoms with E-state index >= 15 is 0 Å². The maximum Gasteiger partial charge on any atom is 0.329 e. The Kier molecular flexibility index (Phi) is 31.2. The summed E-state index contributed by atoms with van der Waals surface area (Å²) in [7, 11) is 7.93. The second-order valence-corrected chi connectivity index (χ2v) is 22.5. The number of methoxy groups -OCH3 is 5. The Morgan fingerprint density at radius 1 is 0.872 bits per heavy atom. The molecule has 3 rings (SSSR count). The molecule has 0 spiro atoms. The van der Waals surface area contributed by atoms with Crippen LogP contribution in [0.4, 0.5) is 0 Å². The van der Waals surface area contributed by atoms with Gasteiger partial charge in [-0.05, 0) is 126 Å². The molecular formula is C61H101NO16. The number of hydrogen-bond acceptors (Lipinski definition) is 16. The lowest BCUT2D eigenvalue weighted by atomic mass is 9.78. The van der Waals surface area contributed by atoms with Crippen molar-refractivity contribution in [3.8, 4) is 0 Å². The molecule has 2 saturated heterocycles. The van der Waals surface area contributed by atoms with Crippen LogP contribution in [-0.2, 0) is 71.3 Å². The van der Waals surface area contributed by atoms with Gasteiger partial charge in [-0.2, -0.15) is 0 Å². The van der Waals surface area contributed by atoms with Crippen molar-refractivity contribution < 1.29 is 76.4 Å². The maximum atomic E-state index is 14.7. The number of aldehydes is 1. The number of aliphatic hydroxyl groups is 1. The molecule has 1 N–H and O–H groups in total. The first-order chi connectivity index (χ1) is 37.2. The molecule has 1 unspecified atom stereocenters. The number of piperidine rings is 1. The number of likely N-dealkylation sites (tertiary alicyclic amines) is 1. The number of esters is 1. The number of hydrogen-bond donors (Lipinski definition) is 1. The molecule has 17 nitrogen and oxygen atoms in total. The Labute approximate surface area is 467 Å². The lowest BCUT2D eigenvalue weighted by molar-refractivity contribution is -0.266. The molecule has 0 aromatic heterocycles. The molecule has 17 heteroatoms. The zero-order valence-corrected chi connectivity index (χ0v) is 49.8. The highest BCUT2D eigenvalue weighted by Crippen LogP contribution is 2.39. The fourth-order valence-corrected chi connectivity index (χ4v) is 11.9. The van der Waals surface area contributed by atoms with Gasteiger partial charge >= 0.3 is 5.97 Å². The van der Waals surface area contributed by atoms with Crippen molar-refractivity contribution in [2.75, 3.05) is 81.7 Å². The number of ether oxygens (including phenoxy) is 10. The van der Waals surface area contributed by atoms with Crippen LogP contribution in [0, 0.1) is 35.5 Å². The average Bonchev–Trinajstić information content (AvgIpc) is 3.44. The van der Waals surface area contributed by atoms with E-state index in [9.17, 15) is 29.1 Å². The predicted octanol–water partition coefficient (Wildman–Crippen LogP) is 8.56. The first-order valence-electron chi connectivity index (χ1n) is 28.7. The molecule has 0 bridgehead atoms. The lowest BCUT2D eigenvalue weighted by Gasteiger charge is -2.43. The molecule has 15 atom stereocenters. The zero-order valence-electron chi connectivity index (χ0n) is 49.8. The highest BCUT2D eigenvalue weighted by Gasteiger charge is 2.53. The normalized spacial score (nSPS) is 27.0. The summed E-state index contributed by atoms with van der Waals surface area (Å²) in [5, 5.41) is 12.1. The molecular weight excluding hydrogens is 1000 g/mol. The molecule has 446 valence electrons. The van der Waals surface area contributed by atoms with E-state index in [-0.39, 0.29) is 61.7 Å². The summed E-state index contributed by atoms with van der Waals surface area (Å²) in [5.41, 5.74) is 0.205. The third kappa shape index (κ3) is 20.5. The van der Waals surface area contributed by atoms with Crippen molar-refractivity contribution in [2.45, 2.75) is 193 Å². The average molecular weight is 1100 g/mol. The van der Waals surface area contributed by atoms with Crippen LogP contribution in [0.3, 0.4) is 0 Å². The van der Waals surface area contributed by atoms with E-state index < -0.39 is 71.3 Å². The van der Waals surface area contributed by atoms with Gasteiger partial charge in [0.25, 0.3) is 11.7 Å². The van der Waals surface area contributed by atoms with E-state index in [1.165, 1.54) is 19.1 Å². The molecule has 78 heavy (non-hydrogen) atoms. The molecule has 3 aliphatic rings. The van der Waals surface area contributed by atoms with Crippen molar-refractivity contribution in [2.24, 2.45) is 35.5 Å². The van der Waals surface area contributed by atoms with Gasteiger partial charge in [0.15, 0.2) is 11.9 Å². The van der Waals surface area contributed by atoms with Crippen LogP contribution in [0.1, 0.15) is 139 Å². The minimum absolute atomic E-state index is 0.0819. The Bertz CT molecular complexity index is 1940. The van der Waals surface area contributed by atoms with Crippen LogP contribution < -0.4 is 0 Å². The number of Topliss-reactive ketones (excluding diaryl/α,β-unsaturated/α-hetero) is 2. The molecule has 0 radical (unpaired) electrons. The van der Waals surface area contributed by atoms with Crippen molar-refractivity contribution >= 4 is 29.7 Å². The SMILES string of the molecule is C=C/C=C(\C)C(C[C@@H]1CC[C@@H](C)[C@](O)(C(=O)C(=O)N2CCCC[C@H]2C(=O)O[C@@H](CC(=O)[C@H](C)/C=C(\C)[C@@H](OC)[C@@](C=O)(C[C@H](C)C[C@H](C)/C=C/C)OC)[C@H](C)C[C@@H]2CC[C@@H](OCCOC)[C@H](OC)C2)O1)OCCOCCOC. The highest BCUT2D eigenvalue weighted by molar-refractivity contribution is 6.39. The maximum absolute atomic E-state index is 14.7. The van der Waals surface area contributed by atoms with Gasteiger partial charge in [-0.3, -0.25) is 14.4 Å². The predicted molar refractivity (Wildman–Crippen MR) is 299 cm³/mol. The fourth-order valence-electron chi connectivity index (χ4n) is 11.9. The summed E-state index contributed by atoms with van der Waals surface area (Å²) in [5.74, 6) is -6.73. The monoisotopic (exact) mass is 1100 g/mol. The second-order valence-electron chi connectivity index (χ2n) is 22.5. The molecule has 1 saturated carbocycles. The van der Waals surface area contributed by atoms with Gasteiger partial charge in [-0.25, -0.2) is 4.79 Å². The van der Waals surface area contributed by atoms with Crippen molar-refractivity contribution in [3.05, 3.63) is 48.1 Å². The van der Waals surface area contributed by atoms with Crippen LogP contribution in [-0.4, -0.2) is 176 Å². The third-order valence-electron chi connectivity index (χ3n) is 16.3. The third-order valence-corrected chi connectivity index (χ3v) is 16.3. The topological polar surface area (TPSA) is 201 Å². The first-order valence-corrected chi connectivity index (χ1v) is 28.7. The van der Waals surface area contributed by atoms with E-state index in [0.717, 1.165) is 31.1 Å². The van der Waals surface area contributed by atoms with Crippen molar-refractivity contribution in [1.29, 1.82) is 0 Å². The molecule has 0 aromatic carbocycles. The molecule has 2 aliphatic heterocycles. The minimum atomic E-state index is -2.46. The van der Waals surface area contributed by atoms with Crippen molar-refractivity contribution in [1.82, 2.24) is 4.90 Å². The van der Waals surface area contributed by atoms with Gasteiger partial charge in [0.05, 0.1) is 64.1 Å². The standard InChI is InChI=1S/C61H101NO16/c1-15-19-41(3)33-42(4)39-60(40-63,73-14)57(72-13)46(8)34-44(6)51(64)38-54(45(7)35-48-23-25-52(55(36-48)71-12)75-31-28-70-11)77-59(67)50-21-17-18-26-62(50)58(66)56(65)61(68)47(9)22-24-49(78-61)37-53(43(5)20-16-2)76-32-30-74-29-27-69-10/h15-16,19-20,34,40-42,44-45,47-50,52-55,57,68H,2,17-18,21-33,35-39H2,1,3-14H3/b19-15+,43-20+,46-34+/t41-,42-,44-,45-,47-,48+,49+,50+,52-,53?,54+,55-,57-,60+,61-/m1/s1. The summed E-state index contributed by atoms with van der Waals surface area (Å²) in [6.07, 6.45) is 13.7.